The average Bonchev–Trinajstić information content (AvgIpc) is 2.79. The molecule has 1 aliphatic rings. The number of nitrogens with one attached hydrogen (secondary N) is 1. The zero-order valence-corrected chi connectivity index (χ0v) is 21.3. The van der Waals surface area contributed by atoms with Crippen LogP contribution < -0.4 is 4.72 Å². The van der Waals surface area contributed by atoms with E-state index >= 15 is 0 Å². The van der Waals surface area contributed by atoms with Gasteiger partial charge >= 0.3 is 7.60 Å². The zero-order chi connectivity index (χ0) is 24.3. The molecule has 0 fully saturated rings. The number of fused-ring (bicyclic) bond motifs is 1. The first-order valence-electron chi connectivity index (χ1n) is 10.3. The van der Waals surface area contributed by atoms with Crippen LogP contribution in [0.1, 0.15) is 42.6 Å². The molecule has 0 radical (unpaired) electrons. The van der Waals surface area contributed by atoms with Gasteiger partial charge in [0.25, 0.3) is 0 Å². The maximum atomic E-state index is 14.4. The first-order chi connectivity index (χ1) is 15.6. The number of hydrogen-bond donors (Lipinski definition) is 1. The highest BCUT2D eigenvalue weighted by Gasteiger charge is 2.57. The zero-order valence-electron chi connectivity index (χ0n) is 18.1. The standard InChI is InChI=1S/C22H24Cl2NO6PS/c1-3-13-30-32(27,31-14-4-2)22(25-33(28,29)17-11-9-16(23)10-12-17)15-20(24)21(26)18-7-5-6-8-19(18)22/h5-12,15,25H,3-4,13-14H2,1-2H3. The van der Waals surface area contributed by atoms with Crippen molar-refractivity contribution in [1.29, 1.82) is 0 Å². The molecule has 0 saturated carbocycles. The van der Waals surface area contributed by atoms with Crippen LogP contribution in [0.5, 0.6) is 0 Å². The summed E-state index contributed by atoms with van der Waals surface area (Å²) in [4.78, 5) is 12.6. The molecule has 1 N–H and O–H groups in total. The summed E-state index contributed by atoms with van der Waals surface area (Å²) in [5.41, 5.74) is 0.233. The molecular weight excluding hydrogens is 508 g/mol. The Bertz CT molecular complexity index is 1200. The molecule has 0 aromatic heterocycles. The summed E-state index contributed by atoms with van der Waals surface area (Å²) >= 11 is 12.2. The molecule has 1 aliphatic carbocycles. The molecule has 2 aromatic carbocycles. The molecule has 178 valence electrons. The Balaban J connectivity index is 2.30. The second-order valence-corrected chi connectivity index (χ2v) is 12.1. The predicted molar refractivity (Wildman–Crippen MR) is 128 cm³/mol. The maximum Gasteiger partial charge on any atom is 0.360 e. The van der Waals surface area contributed by atoms with Gasteiger partial charge in [-0.1, -0.05) is 61.3 Å². The van der Waals surface area contributed by atoms with E-state index in [0.29, 0.717) is 17.9 Å². The molecule has 0 heterocycles. The predicted octanol–water partition coefficient (Wildman–Crippen LogP) is 5.84. The van der Waals surface area contributed by atoms with Crippen LogP contribution in [0.3, 0.4) is 0 Å². The second-order valence-electron chi connectivity index (χ2n) is 7.36. The lowest BCUT2D eigenvalue weighted by atomic mass is 9.92. The molecule has 2 aromatic rings. The quantitative estimate of drug-likeness (QED) is 0.387. The number of carbonyl (C=O) groups is 1. The Labute approximate surface area is 203 Å². The molecule has 11 heteroatoms. The monoisotopic (exact) mass is 531 g/mol. The number of ketones is 1. The van der Waals surface area contributed by atoms with Gasteiger partial charge < -0.3 is 9.05 Å². The molecule has 0 saturated heterocycles. The third kappa shape index (κ3) is 5.13. The van der Waals surface area contributed by atoms with Crippen LogP contribution in [0, 0.1) is 0 Å². The summed E-state index contributed by atoms with van der Waals surface area (Å²) in [6.45, 7) is 3.70. The van der Waals surface area contributed by atoms with Crippen LogP contribution in [0.2, 0.25) is 5.02 Å². The van der Waals surface area contributed by atoms with Crippen molar-refractivity contribution in [3.8, 4) is 0 Å². The largest absolute Gasteiger partial charge is 0.360 e. The topological polar surface area (TPSA) is 98.8 Å². The molecule has 1 atom stereocenters. The summed E-state index contributed by atoms with van der Waals surface area (Å²) in [6, 6.07) is 11.7. The fraction of sp³-hybridized carbons (Fsp3) is 0.318. The van der Waals surface area contributed by atoms with E-state index < -0.39 is 28.7 Å². The van der Waals surface area contributed by atoms with Crippen LogP contribution in [-0.4, -0.2) is 27.4 Å². The molecule has 3 rings (SSSR count). The van der Waals surface area contributed by atoms with E-state index in [9.17, 15) is 17.8 Å². The molecule has 7 nitrogen and oxygen atoms in total. The Morgan fingerprint density at radius 2 is 1.55 bits per heavy atom. The molecule has 0 amide bonds. The third-order valence-electron chi connectivity index (χ3n) is 4.91. The number of halogens is 2. The van der Waals surface area contributed by atoms with Gasteiger partial charge in [0, 0.05) is 16.1 Å². The SMILES string of the molecule is CCCOP(=O)(OCCC)C1(NS(=O)(=O)c2ccc(Cl)cc2)C=C(Cl)C(=O)c2ccccc21. The van der Waals surface area contributed by atoms with E-state index in [1.807, 2.05) is 13.8 Å². The van der Waals surface area contributed by atoms with E-state index in [2.05, 4.69) is 4.72 Å². The van der Waals surface area contributed by atoms with Crippen molar-refractivity contribution in [2.45, 2.75) is 36.9 Å². The Morgan fingerprint density at radius 3 is 2.12 bits per heavy atom. The van der Waals surface area contributed by atoms with Crippen molar-refractivity contribution in [2.75, 3.05) is 13.2 Å². The summed E-state index contributed by atoms with van der Waals surface area (Å²) in [5.74, 6) is -0.522. The van der Waals surface area contributed by atoms with Crippen molar-refractivity contribution in [2.24, 2.45) is 0 Å². The van der Waals surface area contributed by atoms with Crippen LogP contribution in [0.25, 0.3) is 0 Å². The highest BCUT2D eigenvalue weighted by molar-refractivity contribution is 7.90. The lowest BCUT2D eigenvalue weighted by Gasteiger charge is -2.40. The summed E-state index contributed by atoms with van der Waals surface area (Å²) in [7, 11) is -8.62. The fourth-order valence-corrected chi connectivity index (χ4v) is 7.95. The van der Waals surface area contributed by atoms with Crippen molar-refractivity contribution in [3.05, 3.63) is 75.8 Å². The third-order valence-corrected chi connectivity index (χ3v) is 9.47. The molecule has 33 heavy (non-hydrogen) atoms. The van der Waals surface area contributed by atoms with E-state index in [1.54, 1.807) is 12.1 Å². The summed E-state index contributed by atoms with van der Waals surface area (Å²) < 4.78 is 55.3. The highest BCUT2D eigenvalue weighted by Crippen LogP contribution is 2.66. The van der Waals surface area contributed by atoms with Crippen molar-refractivity contribution < 1.29 is 26.8 Å². The molecule has 0 aliphatic heterocycles. The number of hydrogen-bond acceptors (Lipinski definition) is 6. The lowest BCUT2D eigenvalue weighted by Crippen LogP contribution is -2.47. The number of benzene rings is 2. The lowest BCUT2D eigenvalue weighted by molar-refractivity contribution is 0.103. The van der Waals surface area contributed by atoms with Crippen molar-refractivity contribution in [1.82, 2.24) is 4.72 Å². The normalized spacial score (nSPS) is 18.7. The number of rotatable bonds is 10. The number of carbonyl (C=O) groups excluding carboxylic acids is 1. The van der Waals surface area contributed by atoms with Gasteiger partial charge in [0.05, 0.1) is 23.1 Å². The van der Waals surface area contributed by atoms with E-state index in [-0.39, 0.29) is 34.3 Å². The first-order valence-corrected chi connectivity index (χ1v) is 14.1. The molecule has 1 unspecified atom stereocenters. The Kier molecular flexibility index (Phi) is 8.23. The molecular formula is C22H24Cl2NO6PS. The molecule has 0 spiro atoms. The maximum absolute atomic E-state index is 14.4. The fourth-order valence-electron chi connectivity index (χ4n) is 3.38. The summed E-state index contributed by atoms with van der Waals surface area (Å²) in [6.07, 6.45) is 2.12. The number of Topliss-reactive ketones (excluding diaryl/α,β-unsaturated/α-hetero) is 1. The first kappa shape index (κ1) is 26.1. The minimum Gasteiger partial charge on any atom is -0.307 e. The van der Waals surface area contributed by atoms with Crippen LogP contribution in [-0.2, 0) is 28.9 Å². The van der Waals surface area contributed by atoms with Gasteiger partial charge in [-0.05, 0) is 43.2 Å². The van der Waals surface area contributed by atoms with Gasteiger partial charge in [-0.3, -0.25) is 9.36 Å². The van der Waals surface area contributed by atoms with E-state index in [1.165, 1.54) is 36.4 Å². The average molecular weight is 532 g/mol. The van der Waals surface area contributed by atoms with Crippen LogP contribution in [0.15, 0.2) is 64.5 Å². The minimum absolute atomic E-state index is 0.0347. The van der Waals surface area contributed by atoms with Gasteiger partial charge in [-0.15, -0.1) is 0 Å². The van der Waals surface area contributed by atoms with Crippen molar-refractivity contribution in [3.63, 3.8) is 0 Å². The Morgan fingerprint density at radius 1 is 0.970 bits per heavy atom. The van der Waals surface area contributed by atoms with Gasteiger partial charge in [0.1, 0.15) is 0 Å². The molecule has 0 bridgehead atoms. The Hall–Kier alpha value is -1.51. The van der Waals surface area contributed by atoms with Gasteiger partial charge in [-0.2, -0.15) is 4.72 Å². The number of allylic oxidation sites excluding steroid dienone is 1. The second kappa shape index (κ2) is 10.4. The summed E-state index contributed by atoms with van der Waals surface area (Å²) in [5, 5.41) is -2.02. The van der Waals surface area contributed by atoms with E-state index in [4.69, 9.17) is 32.2 Å². The van der Waals surface area contributed by atoms with Crippen LogP contribution in [0.4, 0.5) is 0 Å². The van der Waals surface area contributed by atoms with Crippen LogP contribution >= 0.6 is 30.8 Å². The van der Waals surface area contributed by atoms with E-state index in [0.717, 1.165) is 6.08 Å². The smallest absolute Gasteiger partial charge is 0.307 e. The van der Waals surface area contributed by atoms with Gasteiger partial charge in [0.2, 0.25) is 15.8 Å². The van der Waals surface area contributed by atoms with Crippen molar-refractivity contribution >= 4 is 46.6 Å². The van der Waals surface area contributed by atoms with Gasteiger partial charge in [-0.25, -0.2) is 8.42 Å². The highest BCUT2D eigenvalue weighted by atomic mass is 35.5. The van der Waals surface area contributed by atoms with Gasteiger partial charge in [0.15, 0.2) is 5.28 Å². The number of sulfonamides is 1. The minimum atomic E-state index is -4.31.